The van der Waals surface area contributed by atoms with E-state index in [0.717, 1.165) is 12.1 Å². The van der Waals surface area contributed by atoms with E-state index in [2.05, 4.69) is 5.10 Å². The van der Waals surface area contributed by atoms with E-state index in [1.165, 1.54) is 16.9 Å². The zero-order valence-electron chi connectivity index (χ0n) is 8.78. The molecule has 1 aromatic carbocycles. The molecule has 3 nitrogen and oxygen atoms in total. The number of nitrogen functional groups attached to an aromatic ring is 1. The largest absolute Gasteiger partial charge is 0.416 e. The lowest BCUT2D eigenvalue weighted by Crippen LogP contribution is -2.07. The van der Waals surface area contributed by atoms with Crippen LogP contribution in [0, 0.1) is 0 Å². The van der Waals surface area contributed by atoms with Crippen molar-refractivity contribution in [2.24, 2.45) is 0 Å². The summed E-state index contributed by atoms with van der Waals surface area (Å²) < 4.78 is 38.9. The first-order valence-corrected chi connectivity index (χ1v) is 4.89. The van der Waals surface area contributed by atoms with Gasteiger partial charge in [0, 0.05) is 6.20 Å². The van der Waals surface area contributed by atoms with Gasteiger partial charge in [-0.3, -0.25) is 4.68 Å². The molecule has 2 N–H and O–H groups in total. The Morgan fingerprint density at radius 1 is 1.29 bits per heavy atom. The van der Waals surface area contributed by atoms with Crippen LogP contribution in [0.2, 0.25) is 0 Å². The highest BCUT2D eigenvalue weighted by molar-refractivity contribution is 5.31. The second kappa shape index (κ2) is 4.12. The molecule has 0 aliphatic rings. The van der Waals surface area contributed by atoms with Gasteiger partial charge in [-0.15, -0.1) is 0 Å². The number of alkyl halides is 3. The second-order valence-corrected chi connectivity index (χ2v) is 3.67. The summed E-state index contributed by atoms with van der Waals surface area (Å²) in [6.07, 6.45) is -1.30. The summed E-state index contributed by atoms with van der Waals surface area (Å²) in [5.41, 5.74) is 5.82. The lowest BCUT2D eigenvalue weighted by atomic mass is 10.1. The molecule has 0 saturated heterocycles. The van der Waals surface area contributed by atoms with Crippen LogP contribution in [0.25, 0.3) is 0 Å². The molecule has 6 heteroatoms. The van der Waals surface area contributed by atoms with Crippen molar-refractivity contribution >= 4 is 5.69 Å². The van der Waals surface area contributed by atoms with Gasteiger partial charge in [-0.05, 0) is 17.7 Å². The van der Waals surface area contributed by atoms with Crippen LogP contribution in [0.4, 0.5) is 18.9 Å². The van der Waals surface area contributed by atoms with Crippen LogP contribution in [0.15, 0.2) is 36.7 Å². The molecule has 2 aromatic rings. The highest BCUT2D eigenvalue weighted by atomic mass is 19.4. The van der Waals surface area contributed by atoms with Crippen molar-refractivity contribution in [2.75, 3.05) is 5.73 Å². The first kappa shape index (κ1) is 11.5. The van der Waals surface area contributed by atoms with Crippen LogP contribution in [-0.2, 0) is 12.7 Å². The third-order valence-electron chi connectivity index (χ3n) is 2.25. The molecule has 1 aromatic heterocycles. The van der Waals surface area contributed by atoms with E-state index in [1.807, 2.05) is 0 Å². The molecule has 0 saturated carbocycles. The zero-order chi connectivity index (χ0) is 12.5. The van der Waals surface area contributed by atoms with Crippen molar-refractivity contribution in [1.82, 2.24) is 9.78 Å². The number of rotatable bonds is 2. The van der Waals surface area contributed by atoms with Gasteiger partial charge in [-0.2, -0.15) is 18.3 Å². The third-order valence-corrected chi connectivity index (χ3v) is 2.25. The Labute approximate surface area is 95.7 Å². The van der Waals surface area contributed by atoms with E-state index in [0.29, 0.717) is 11.3 Å². The van der Waals surface area contributed by atoms with Gasteiger partial charge in [0.2, 0.25) is 0 Å². The molecule has 0 spiro atoms. The Morgan fingerprint density at radius 3 is 2.65 bits per heavy atom. The van der Waals surface area contributed by atoms with Crippen LogP contribution in [-0.4, -0.2) is 9.78 Å². The minimum atomic E-state index is -4.32. The number of nitrogens with two attached hydrogens (primary N) is 1. The fourth-order valence-electron chi connectivity index (χ4n) is 1.50. The first-order valence-electron chi connectivity index (χ1n) is 4.89. The first-order chi connectivity index (χ1) is 7.95. The van der Waals surface area contributed by atoms with E-state index in [4.69, 9.17) is 5.73 Å². The smallest absolute Gasteiger partial charge is 0.396 e. The Kier molecular flexibility index (Phi) is 2.79. The SMILES string of the molecule is Nc1cnn(Cc2cccc(C(F)(F)F)c2)c1. The van der Waals surface area contributed by atoms with Crippen molar-refractivity contribution in [2.45, 2.75) is 12.7 Å². The van der Waals surface area contributed by atoms with E-state index < -0.39 is 11.7 Å². The fourth-order valence-corrected chi connectivity index (χ4v) is 1.50. The maximum absolute atomic E-state index is 12.5. The molecule has 2 rings (SSSR count). The van der Waals surface area contributed by atoms with Crippen LogP contribution in [0.5, 0.6) is 0 Å². The summed E-state index contributed by atoms with van der Waals surface area (Å²) in [6.45, 7) is 0.265. The van der Waals surface area contributed by atoms with Gasteiger partial charge in [0.05, 0.1) is 24.0 Å². The summed E-state index contributed by atoms with van der Waals surface area (Å²) in [5, 5.41) is 3.91. The number of nitrogens with zero attached hydrogens (tertiary/aromatic N) is 2. The van der Waals surface area contributed by atoms with Gasteiger partial charge >= 0.3 is 6.18 Å². The lowest BCUT2D eigenvalue weighted by molar-refractivity contribution is -0.137. The Hall–Kier alpha value is -1.98. The van der Waals surface area contributed by atoms with E-state index >= 15 is 0 Å². The van der Waals surface area contributed by atoms with E-state index in [-0.39, 0.29) is 6.54 Å². The fraction of sp³-hybridized carbons (Fsp3) is 0.182. The molecule has 17 heavy (non-hydrogen) atoms. The molecular formula is C11H10F3N3. The summed E-state index contributed by atoms with van der Waals surface area (Å²) in [7, 11) is 0. The summed E-state index contributed by atoms with van der Waals surface area (Å²) in [4.78, 5) is 0. The number of anilines is 1. The number of hydrogen-bond donors (Lipinski definition) is 1. The van der Waals surface area contributed by atoms with Crippen LogP contribution >= 0.6 is 0 Å². The average Bonchev–Trinajstić information content (AvgIpc) is 2.63. The Morgan fingerprint density at radius 2 is 2.06 bits per heavy atom. The lowest BCUT2D eigenvalue weighted by Gasteiger charge is -2.08. The quantitative estimate of drug-likeness (QED) is 0.878. The molecular weight excluding hydrogens is 231 g/mol. The highest BCUT2D eigenvalue weighted by Crippen LogP contribution is 2.29. The third kappa shape index (κ3) is 2.77. The minimum Gasteiger partial charge on any atom is -0.396 e. The Bertz CT molecular complexity index is 517. The van der Waals surface area contributed by atoms with E-state index in [9.17, 15) is 13.2 Å². The molecule has 0 radical (unpaired) electrons. The molecule has 1 heterocycles. The van der Waals surface area contributed by atoms with Crippen LogP contribution < -0.4 is 5.73 Å². The van der Waals surface area contributed by atoms with Gasteiger partial charge in [-0.25, -0.2) is 0 Å². The van der Waals surface area contributed by atoms with Gasteiger partial charge in [-0.1, -0.05) is 12.1 Å². The van der Waals surface area contributed by atoms with Gasteiger partial charge in [0.1, 0.15) is 0 Å². The van der Waals surface area contributed by atoms with Crippen molar-refractivity contribution in [3.8, 4) is 0 Å². The summed E-state index contributed by atoms with van der Waals surface area (Å²) >= 11 is 0. The van der Waals surface area contributed by atoms with Crippen LogP contribution in [0.1, 0.15) is 11.1 Å². The highest BCUT2D eigenvalue weighted by Gasteiger charge is 2.30. The minimum absolute atomic E-state index is 0.265. The number of halogens is 3. The normalized spacial score (nSPS) is 11.7. The van der Waals surface area contributed by atoms with Crippen molar-refractivity contribution in [3.63, 3.8) is 0 Å². The topological polar surface area (TPSA) is 43.8 Å². The molecule has 0 bridgehead atoms. The van der Waals surface area contributed by atoms with Gasteiger partial charge < -0.3 is 5.73 Å². The summed E-state index contributed by atoms with van der Waals surface area (Å²) in [6, 6.07) is 5.15. The second-order valence-electron chi connectivity index (χ2n) is 3.67. The average molecular weight is 241 g/mol. The van der Waals surface area contributed by atoms with Gasteiger partial charge in [0.25, 0.3) is 0 Å². The Balaban J connectivity index is 2.22. The number of hydrogen-bond acceptors (Lipinski definition) is 2. The summed E-state index contributed by atoms with van der Waals surface area (Å²) in [5.74, 6) is 0. The standard InChI is InChI=1S/C11H10F3N3/c12-11(13,14)9-3-1-2-8(4-9)6-17-7-10(15)5-16-17/h1-5,7H,6,15H2. The van der Waals surface area contributed by atoms with Crippen molar-refractivity contribution in [3.05, 3.63) is 47.8 Å². The molecule has 0 atom stereocenters. The molecule has 0 aliphatic heterocycles. The monoisotopic (exact) mass is 241 g/mol. The number of benzene rings is 1. The molecule has 0 amide bonds. The van der Waals surface area contributed by atoms with E-state index in [1.54, 1.807) is 12.3 Å². The zero-order valence-corrected chi connectivity index (χ0v) is 8.78. The molecule has 0 aliphatic carbocycles. The molecule has 0 fully saturated rings. The predicted molar refractivity (Wildman–Crippen MR) is 57.2 cm³/mol. The van der Waals surface area contributed by atoms with Crippen molar-refractivity contribution in [1.29, 1.82) is 0 Å². The van der Waals surface area contributed by atoms with Crippen LogP contribution in [0.3, 0.4) is 0 Å². The predicted octanol–water partition coefficient (Wildman–Crippen LogP) is 2.53. The molecule has 0 unspecified atom stereocenters. The van der Waals surface area contributed by atoms with Gasteiger partial charge in [0.15, 0.2) is 0 Å². The number of aromatic nitrogens is 2. The molecule has 90 valence electrons. The van der Waals surface area contributed by atoms with Crippen molar-refractivity contribution < 1.29 is 13.2 Å². The maximum atomic E-state index is 12.5. The maximum Gasteiger partial charge on any atom is 0.416 e.